The third kappa shape index (κ3) is 3.08. The molecule has 0 saturated heterocycles. The second-order valence-electron chi connectivity index (χ2n) is 5.76. The minimum absolute atomic E-state index is 0.244. The van der Waals surface area contributed by atoms with E-state index in [1.165, 1.54) is 12.1 Å². The van der Waals surface area contributed by atoms with Crippen molar-refractivity contribution < 1.29 is 18.7 Å². The molecular weight excluding hydrogens is 297 g/mol. The maximum Gasteiger partial charge on any atom is 0.339 e. The van der Waals surface area contributed by atoms with Gasteiger partial charge in [0.25, 0.3) is 5.91 Å². The SMILES string of the molecule is C[C@@]1(C(=O)NCc2ccc(F)cc2)Cc2ccccc2C(=O)O1. The molecule has 2 aromatic rings. The van der Waals surface area contributed by atoms with Crippen LogP contribution in [0.15, 0.2) is 48.5 Å². The van der Waals surface area contributed by atoms with E-state index in [2.05, 4.69) is 5.32 Å². The highest BCUT2D eigenvalue weighted by atomic mass is 19.1. The second-order valence-corrected chi connectivity index (χ2v) is 5.76. The van der Waals surface area contributed by atoms with Crippen LogP contribution in [0.2, 0.25) is 0 Å². The number of rotatable bonds is 3. The summed E-state index contributed by atoms with van der Waals surface area (Å²) in [6, 6.07) is 13.0. The molecule has 0 saturated carbocycles. The van der Waals surface area contributed by atoms with Crippen molar-refractivity contribution in [2.45, 2.75) is 25.5 Å². The van der Waals surface area contributed by atoms with E-state index in [0.717, 1.165) is 11.1 Å². The van der Waals surface area contributed by atoms with Gasteiger partial charge < -0.3 is 10.1 Å². The molecule has 1 N–H and O–H groups in total. The molecule has 118 valence electrons. The van der Waals surface area contributed by atoms with Crippen molar-refractivity contribution >= 4 is 11.9 Å². The van der Waals surface area contributed by atoms with Gasteiger partial charge in [0.1, 0.15) is 5.82 Å². The predicted molar refractivity (Wildman–Crippen MR) is 82.2 cm³/mol. The molecule has 1 atom stereocenters. The van der Waals surface area contributed by atoms with Gasteiger partial charge in [-0.25, -0.2) is 9.18 Å². The molecule has 0 fully saturated rings. The lowest BCUT2D eigenvalue weighted by atomic mass is 9.89. The van der Waals surface area contributed by atoms with E-state index < -0.39 is 11.6 Å². The number of carbonyl (C=O) groups is 2. The Balaban J connectivity index is 1.72. The average molecular weight is 313 g/mol. The summed E-state index contributed by atoms with van der Waals surface area (Å²) in [7, 11) is 0. The first kappa shape index (κ1) is 15.2. The molecule has 0 aliphatic carbocycles. The number of carbonyl (C=O) groups excluding carboxylic acids is 2. The van der Waals surface area contributed by atoms with E-state index in [1.54, 1.807) is 31.2 Å². The Morgan fingerprint density at radius 2 is 1.91 bits per heavy atom. The molecule has 0 spiro atoms. The molecule has 0 unspecified atom stereocenters. The molecule has 0 aromatic heterocycles. The number of hydrogen-bond acceptors (Lipinski definition) is 3. The number of ether oxygens (including phenoxy) is 1. The summed E-state index contributed by atoms with van der Waals surface area (Å²) in [5.41, 5.74) is 0.816. The Bertz CT molecular complexity index is 757. The molecule has 2 aromatic carbocycles. The summed E-state index contributed by atoms with van der Waals surface area (Å²) in [6.45, 7) is 1.84. The summed E-state index contributed by atoms with van der Waals surface area (Å²) < 4.78 is 18.2. The quantitative estimate of drug-likeness (QED) is 0.886. The smallest absolute Gasteiger partial charge is 0.339 e. The van der Waals surface area contributed by atoms with Crippen LogP contribution in [-0.2, 0) is 22.5 Å². The van der Waals surface area contributed by atoms with Crippen LogP contribution in [0.3, 0.4) is 0 Å². The van der Waals surface area contributed by atoms with E-state index in [9.17, 15) is 14.0 Å². The molecule has 4 nitrogen and oxygen atoms in total. The summed E-state index contributed by atoms with van der Waals surface area (Å²) in [5, 5.41) is 2.74. The van der Waals surface area contributed by atoms with E-state index in [4.69, 9.17) is 4.74 Å². The van der Waals surface area contributed by atoms with E-state index in [0.29, 0.717) is 12.0 Å². The van der Waals surface area contributed by atoms with Gasteiger partial charge in [-0.2, -0.15) is 0 Å². The van der Waals surface area contributed by atoms with Crippen molar-refractivity contribution in [2.24, 2.45) is 0 Å². The van der Waals surface area contributed by atoms with Gasteiger partial charge in [-0.3, -0.25) is 4.79 Å². The Kier molecular flexibility index (Phi) is 3.86. The van der Waals surface area contributed by atoms with E-state index in [1.807, 2.05) is 12.1 Å². The zero-order valence-corrected chi connectivity index (χ0v) is 12.6. The van der Waals surface area contributed by atoms with Crippen molar-refractivity contribution in [1.29, 1.82) is 0 Å². The van der Waals surface area contributed by atoms with Gasteiger partial charge in [0.15, 0.2) is 5.60 Å². The molecule has 0 radical (unpaired) electrons. The minimum Gasteiger partial charge on any atom is -0.445 e. The summed E-state index contributed by atoms with van der Waals surface area (Å²) in [4.78, 5) is 24.5. The lowest BCUT2D eigenvalue weighted by Crippen LogP contribution is -2.51. The molecule has 1 aliphatic heterocycles. The molecular formula is C18H16FNO3. The van der Waals surface area contributed by atoms with Crippen LogP contribution in [0.25, 0.3) is 0 Å². The number of nitrogens with one attached hydrogen (secondary N) is 1. The number of cyclic esters (lactones) is 1. The number of amides is 1. The summed E-state index contributed by atoms with van der Waals surface area (Å²) in [6.07, 6.45) is 0.324. The van der Waals surface area contributed by atoms with Gasteiger partial charge >= 0.3 is 5.97 Å². The van der Waals surface area contributed by atoms with Crippen molar-refractivity contribution in [1.82, 2.24) is 5.32 Å². The zero-order valence-electron chi connectivity index (χ0n) is 12.6. The first-order chi connectivity index (χ1) is 11.0. The van der Waals surface area contributed by atoms with Gasteiger partial charge in [-0.1, -0.05) is 30.3 Å². The number of fused-ring (bicyclic) bond motifs is 1. The van der Waals surface area contributed by atoms with E-state index >= 15 is 0 Å². The maximum absolute atomic E-state index is 12.9. The number of hydrogen-bond donors (Lipinski definition) is 1. The normalized spacial score (nSPS) is 19.7. The lowest BCUT2D eigenvalue weighted by molar-refractivity contribution is -0.139. The van der Waals surface area contributed by atoms with Crippen molar-refractivity contribution in [3.8, 4) is 0 Å². The van der Waals surface area contributed by atoms with Gasteiger partial charge in [0.2, 0.25) is 0 Å². The highest BCUT2D eigenvalue weighted by Crippen LogP contribution is 2.28. The van der Waals surface area contributed by atoms with Gasteiger partial charge in [-0.15, -0.1) is 0 Å². The Morgan fingerprint density at radius 1 is 1.22 bits per heavy atom. The summed E-state index contributed by atoms with van der Waals surface area (Å²) >= 11 is 0. The molecule has 1 aliphatic rings. The molecule has 23 heavy (non-hydrogen) atoms. The van der Waals surface area contributed by atoms with Crippen LogP contribution in [-0.4, -0.2) is 17.5 Å². The molecule has 5 heteroatoms. The lowest BCUT2D eigenvalue weighted by Gasteiger charge is -2.33. The second kappa shape index (κ2) is 5.83. The van der Waals surface area contributed by atoms with Crippen LogP contribution in [0.1, 0.15) is 28.4 Å². The van der Waals surface area contributed by atoms with Crippen LogP contribution < -0.4 is 5.32 Å². The van der Waals surface area contributed by atoms with Crippen LogP contribution in [0.5, 0.6) is 0 Å². The Morgan fingerprint density at radius 3 is 2.65 bits per heavy atom. The summed E-state index contributed by atoms with van der Waals surface area (Å²) in [5.74, 6) is -1.19. The molecule has 1 heterocycles. The van der Waals surface area contributed by atoms with Gasteiger partial charge in [-0.05, 0) is 36.2 Å². The zero-order chi connectivity index (χ0) is 16.4. The fourth-order valence-electron chi connectivity index (χ4n) is 2.63. The maximum atomic E-state index is 12.9. The fourth-order valence-corrected chi connectivity index (χ4v) is 2.63. The Hall–Kier alpha value is -2.69. The third-order valence-corrected chi connectivity index (χ3v) is 3.93. The highest BCUT2D eigenvalue weighted by molar-refractivity contribution is 5.97. The van der Waals surface area contributed by atoms with Crippen LogP contribution >= 0.6 is 0 Å². The van der Waals surface area contributed by atoms with Gasteiger partial charge in [0.05, 0.1) is 5.56 Å². The fraction of sp³-hybridized carbons (Fsp3) is 0.222. The third-order valence-electron chi connectivity index (χ3n) is 3.93. The van der Waals surface area contributed by atoms with Crippen molar-refractivity contribution in [3.05, 3.63) is 71.0 Å². The van der Waals surface area contributed by atoms with Crippen LogP contribution in [0, 0.1) is 5.82 Å². The largest absolute Gasteiger partial charge is 0.445 e. The molecule has 3 rings (SSSR count). The standard InChI is InChI=1S/C18H16FNO3/c1-18(10-13-4-2-3-5-15(13)16(21)23-18)17(22)20-11-12-6-8-14(19)9-7-12/h2-9H,10-11H2,1H3,(H,20,22)/t18-/m0/s1. The van der Waals surface area contributed by atoms with Crippen LogP contribution in [0.4, 0.5) is 4.39 Å². The number of halogens is 1. The number of esters is 1. The minimum atomic E-state index is -1.24. The molecule has 1 amide bonds. The first-order valence-corrected chi connectivity index (χ1v) is 7.32. The predicted octanol–water partition coefficient (Wildman–Crippen LogP) is 2.61. The van der Waals surface area contributed by atoms with Crippen molar-refractivity contribution in [3.63, 3.8) is 0 Å². The number of benzene rings is 2. The monoisotopic (exact) mass is 313 g/mol. The average Bonchev–Trinajstić information content (AvgIpc) is 2.54. The first-order valence-electron chi connectivity index (χ1n) is 7.32. The van der Waals surface area contributed by atoms with Gasteiger partial charge in [0, 0.05) is 13.0 Å². The Labute approximate surface area is 133 Å². The van der Waals surface area contributed by atoms with Crippen molar-refractivity contribution in [2.75, 3.05) is 0 Å². The topological polar surface area (TPSA) is 55.4 Å². The van der Waals surface area contributed by atoms with E-state index in [-0.39, 0.29) is 18.3 Å². The highest BCUT2D eigenvalue weighted by Gasteiger charge is 2.42. The molecule has 0 bridgehead atoms.